The van der Waals surface area contributed by atoms with Crippen LogP contribution in [0.5, 0.6) is 11.5 Å². The van der Waals surface area contributed by atoms with E-state index in [0.29, 0.717) is 32.8 Å². The summed E-state index contributed by atoms with van der Waals surface area (Å²) in [5.74, 6) is 2.68. The summed E-state index contributed by atoms with van der Waals surface area (Å²) in [6.07, 6.45) is 1.65. The second-order valence-corrected chi connectivity index (χ2v) is 7.71. The monoisotopic (exact) mass is 546 g/mol. The molecule has 8 nitrogen and oxygen atoms in total. The molecule has 0 radical (unpaired) electrons. The van der Waals surface area contributed by atoms with Crippen molar-refractivity contribution in [1.82, 2.24) is 15.1 Å². The molecule has 0 aromatic heterocycles. The number of likely N-dealkylation sites (tertiary alicyclic amines) is 1. The van der Waals surface area contributed by atoms with E-state index >= 15 is 0 Å². The first kappa shape index (κ1) is 25.5. The topological polar surface area (TPSA) is 75.6 Å². The van der Waals surface area contributed by atoms with Crippen LogP contribution in [0.1, 0.15) is 19.8 Å². The van der Waals surface area contributed by atoms with Gasteiger partial charge in [-0.1, -0.05) is 12.1 Å². The van der Waals surface area contributed by atoms with E-state index in [4.69, 9.17) is 14.2 Å². The highest BCUT2D eigenvalue weighted by atomic mass is 127. The summed E-state index contributed by atoms with van der Waals surface area (Å²) in [6, 6.07) is 7.64. The van der Waals surface area contributed by atoms with Crippen LogP contribution in [0, 0.1) is 5.92 Å². The standard InChI is InChI=1S/C22H34N4O4.HI/c1-17(30-20-7-5-4-6-19(20)28-3)16-24-22(23-2)26-10-8-18(9-11-26)21(27)25-12-14-29-15-13-25;/h4-7,17-18H,8-16H2,1-3H3,(H,23,24);1H. The molecule has 1 aromatic rings. The van der Waals surface area contributed by atoms with Crippen molar-refractivity contribution >= 4 is 35.8 Å². The lowest BCUT2D eigenvalue weighted by molar-refractivity contribution is -0.140. The number of para-hydroxylation sites is 2. The number of benzene rings is 1. The Hall–Kier alpha value is -1.75. The highest BCUT2D eigenvalue weighted by Crippen LogP contribution is 2.26. The predicted molar refractivity (Wildman–Crippen MR) is 132 cm³/mol. The molecule has 1 N–H and O–H groups in total. The van der Waals surface area contributed by atoms with Gasteiger partial charge in [-0.2, -0.15) is 0 Å². The molecular weight excluding hydrogens is 511 g/mol. The molecule has 0 bridgehead atoms. The molecule has 1 aromatic carbocycles. The van der Waals surface area contributed by atoms with Crippen LogP contribution in [0.4, 0.5) is 0 Å². The van der Waals surface area contributed by atoms with Gasteiger partial charge < -0.3 is 29.3 Å². The van der Waals surface area contributed by atoms with Crippen molar-refractivity contribution in [1.29, 1.82) is 0 Å². The number of hydrogen-bond donors (Lipinski definition) is 1. The average Bonchev–Trinajstić information content (AvgIpc) is 2.80. The Kier molecular flexibility index (Phi) is 10.7. The van der Waals surface area contributed by atoms with Gasteiger partial charge in [0.1, 0.15) is 6.10 Å². The quantitative estimate of drug-likeness (QED) is 0.335. The van der Waals surface area contributed by atoms with Crippen LogP contribution in [-0.2, 0) is 9.53 Å². The zero-order chi connectivity index (χ0) is 21.3. The number of methoxy groups -OCH3 is 1. The van der Waals surface area contributed by atoms with Gasteiger partial charge >= 0.3 is 0 Å². The number of nitrogens with one attached hydrogen (secondary N) is 1. The Morgan fingerprint density at radius 3 is 2.42 bits per heavy atom. The Balaban J connectivity index is 0.00000341. The van der Waals surface area contributed by atoms with Gasteiger partial charge in [-0.3, -0.25) is 9.79 Å². The minimum atomic E-state index is -0.0570. The molecule has 2 fully saturated rings. The summed E-state index contributed by atoms with van der Waals surface area (Å²) >= 11 is 0. The molecule has 1 unspecified atom stereocenters. The molecule has 1 atom stereocenters. The number of aliphatic imine (C=N–C) groups is 1. The third kappa shape index (κ3) is 7.13. The summed E-state index contributed by atoms with van der Waals surface area (Å²) in [7, 11) is 3.43. The van der Waals surface area contributed by atoms with Gasteiger partial charge in [-0.05, 0) is 31.9 Å². The van der Waals surface area contributed by atoms with E-state index in [2.05, 4.69) is 15.2 Å². The highest BCUT2D eigenvalue weighted by Gasteiger charge is 2.30. The van der Waals surface area contributed by atoms with E-state index < -0.39 is 0 Å². The lowest BCUT2D eigenvalue weighted by atomic mass is 9.95. The van der Waals surface area contributed by atoms with Gasteiger partial charge in [0.05, 0.1) is 26.9 Å². The summed E-state index contributed by atoms with van der Waals surface area (Å²) in [6.45, 7) is 7.01. The molecule has 31 heavy (non-hydrogen) atoms. The SMILES string of the molecule is CN=C(NCC(C)Oc1ccccc1OC)N1CCC(C(=O)N2CCOCC2)CC1.I. The van der Waals surface area contributed by atoms with Crippen molar-refractivity contribution in [3.63, 3.8) is 0 Å². The summed E-state index contributed by atoms with van der Waals surface area (Å²) in [5.41, 5.74) is 0. The molecule has 1 amide bonds. The van der Waals surface area contributed by atoms with E-state index in [-0.39, 0.29) is 41.9 Å². The van der Waals surface area contributed by atoms with Gasteiger partial charge in [0, 0.05) is 39.1 Å². The van der Waals surface area contributed by atoms with Crippen molar-refractivity contribution in [2.75, 3.05) is 60.1 Å². The van der Waals surface area contributed by atoms with Gasteiger partial charge in [-0.15, -0.1) is 24.0 Å². The molecule has 2 aliphatic heterocycles. The first-order valence-electron chi connectivity index (χ1n) is 10.7. The van der Waals surface area contributed by atoms with Gasteiger partial charge in [0.2, 0.25) is 5.91 Å². The number of amides is 1. The smallest absolute Gasteiger partial charge is 0.225 e. The second-order valence-electron chi connectivity index (χ2n) is 7.71. The van der Waals surface area contributed by atoms with Gasteiger partial charge in [0.15, 0.2) is 17.5 Å². The van der Waals surface area contributed by atoms with Crippen LogP contribution in [0.2, 0.25) is 0 Å². The third-order valence-corrected chi connectivity index (χ3v) is 5.62. The van der Waals surface area contributed by atoms with Crippen LogP contribution in [0.15, 0.2) is 29.3 Å². The molecule has 0 aliphatic carbocycles. The first-order chi connectivity index (χ1) is 14.6. The Morgan fingerprint density at radius 1 is 1.16 bits per heavy atom. The fourth-order valence-electron chi connectivity index (χ4n) is 3.92. The molecular formula is C22H35IN4O4. The van der Waals surface area contributed by atoms with E-state index in [1.165, 1.54) is 0 Å². The lowest BCUT2D eigenvalue weighted by Gasteiger charge is -2.37. The number of nitrogens with zero attached hydrogens (tertiary/aromatic N) is 3. The Morgan fingerprint density at radius 2 is 1.81 bits per heavy atom. The molecule has 0 spiro atoms. The minimum absolute atomic E-state index is 0. The molecule has 2 heterocycles. The third-order valence-electron chi connectivity index (χ3n) is 5.62. The van der Waals surface area contributed by atoms with E-state index in [9.17, 15) is 4.79 Å². The summed E-state index contributed by atoms with van der Waals surface area (Å²) in [4.78, 5) is 21.3. The number of carbonyl (C=O) groups is 1. The molecule has 3 rings (SSSR count). The van der Waals surface area contributed by atoms with Crippen LogP contribution in [0.3, 0.4) is 0 Å². The fraction of sp³-hybridized carbons (Fsp3) is 0.636. The summed E-state index contributed by atoms with van der Waals surface area (Å²) < 4.78 is 16.7. The largest absolute Gasteiger partial charge is 0.493 e. The summed E-state index contributed by atoms with van der Waals surface area (Å²) in [5, 5.41) is 3.40. The zero-order valence-corrected chi connectivity index (χ0v) is 21.0. The van der Waals surface area contributed by atoms with Crippen LogP contribution in [-0.4, -0.2) is 87.9 Å². The number of rotatable bonds is 6. The molecule has 2 aliphatic rings. The van der Waals surface area contributed by atoms with Gasteiger partial charge in [-0.25, -0.2) is 0 Å². The van der Waals surface area contributed by atoms with E-state index in [0.717, 1.165) is 43.4 Å². The first-order valence-corrected chi connectivity index (χ1v) is 10.7. The average molecular weight is 546 g/mol. The van der Waals surface area contributed by atoms with Crippen LogP contribution in [0.25, 0.3) is 0 Å². The van der Waals surface area contributed by atoms with Gasteiger partial charge in [0.25, 0.3) is 0 Å². The normalized spacial score (nSPS) is 18.7. The Labute approximate surface area is 202 Å². The van der Waals surface area contributed by atoms with E-state index in [1.807, 2.05) is 36.1 Å². The zero-order valence-electron chi connectivity index (χ0n) is 18.7. The number of carbonyl (C=O) groups excluding carboxylic acids is 1. The fourth-order valence-corrected chi connectivity index (χ4v) is 3.92. The number of guanidine groups is 1. The van der Waals surface area contributed by atoms with Crippen molar-refractivity contribution < 1.29 is 19.0 Å². The number of morpholine rings is 1. The number of hydrogen-bond acceptors (Lipinski definition) is 5. The van der Waals surface area contributed by atoms with Crippen molar-refractivity contribution in [3.05, 3.63) is 24.3 Å². The maximum absolute atomic E-state index is 12.7. The van der Waals surface area contributed by atoms with Crippen molar-refractivity contribution in [3.8, 4) is 11.5 Å². The van der Waals surface area contributed by atoms with Crippen molar-refractivity contribution in [2.24, 2.45) is 10.9 Å². The van der Waals surface area contributed by atoms with Crippen LogP contribution >= 0.6 is 24.0 Å². The molecule has 174 valence electrons. The van der Waals surface area contributed by atoms with E-state index in [1.54, 1.807) is 14.2 Å². The number of ether oxygens (including phenoxy) is 3. The Bertz CT molecular complexity index is 719. The van der Waals surface area contributed by atoms with Crippen LogP contribution < -0.4 is 14.8 Å². The molecule has 9 heteroatoms. The minimum Gasteiger partial charge on any atom is -0.493 e. The maximum Gasteiger partial charge on any atom is 0.225 e. The lowest BCUT2D eigenvalue weighted by Crippen LogP contribution is -2.50. The predicted octanol–water partition coefficient (Wildman–Crippen LogP) is 2.23. The van der Waals surface area contributed by atoms with Crippen molar-refractivity contribution in [2.45, 2.75) is 25.9 Å². The highest BCUT2D eigenvalue weighted by molar-refractivity contribution is 14.0. The number of halogens is 1. The second kappa shape index (κ2) is 12.9. The maximum atomic E-state index is 12.7. The molecule has 2 saturated heterocycles. The molecule has 0 saturated carbocycles. The number of piperidine rings is 1.